The number of ether oxygens (including phenoxy) is 1. The summed E-state index contributed by atoms with van der Waals surface area (Å²) in [7, 11) is 0. The SMILES string of the molecule is CCOC1(CNC(=O)c2snnc2C2CC2)CCCC1. The van der Waals surface area contributed by atoms with Crippen molar-refractivity contribution in [3.8, 4) is 0 Å². The quantitative estimate of drug-likeness (QED) is 0.875. The predicted molar refractivity (Wildman–Crippen MR) is 77.0 cm³/mol. The minimum absolute atomic E-state index is 0.0344. The summed E-state index contributed by atoms with van der Waals surface area (Å²) in [4.78, 5) is 13.0. The molecule has 2 saturated carbocycles. The van der Waals surface area contributed by atoms with Crippen molar-refractivity contribution in [3.05, 3.63) is 10.6 Å². The van der Waals surface area contributed by atoms with E-state index in [1.807, 2.05) is 6.92 Å². The van der Waals surface area contributed by atoms with Gasteiger partial charge in [-0.1, -0.05) is 17.3 Å². The molecule has 0 bridgehead atoms. The first-order valence-corrected chi connectivity index (χ1v) is 8.26. The fourth-order valence-electron chi connectivity index (χ4n) is 3.00. The molecule has 0 radical (unpaired) electrons. The normalized spacial score (nSPS) is 21.1. The molecule has 1 amide bonds. The lowest BCUT2D eigenvalue weighted by atomic mass is 10.0. The first-order valence-electron chi connectivity index (χ1n) is 7.48. The Hall–Kier alpha value is -1.01. The number of nitrogens with zero attached hydrogens (tertiary/aromatic N) is 2. The molecule has 0 atom stereocenters. The Morgan fingerprint density at radius 3 is 2.85 bits per heavy atom. The minimum atomic E-state index is -0.151. The Morgan fingerprint density at radius 2 is 2.20 bits per heavy atom. The molecule has 5 nitrogen and oxygen atoms in total. The summed E-state index contributed by atoms with van der Waals surface area (Å²) in [6.45, 7) is 3.31. The van der Waals surface area contributed by atoms with Gasteiger partial charge < -0.3 is 10.1 Å². The van der Waals surface area contributed by atoms with Gasteiger partial charge in [-0.2, -0.15) is 0 Å². The summed E-state index contributed by atoms with van der Waals surface area (Å²) in [5.74, 6) is 0.426. The first-order chi connectivity index (χ1) is 9.74. The molecule has 1 N–H and O–H groups in total. The lowest BCUT2D eigenvalue weighted by Gasteiger charge is -2.29. The van der Waals surface area contributed by atoms with Crippen LogP contribution >= 0.6 is 11.5 Å². The highest BCUT2D eigenvalue weighted by Crippen LogP contribution is 2.41. The molecule has 6 heteroatoms. The summed E-state index contributed by atoms with van der Waals surface area (Å²) in [5.41, 5.74) is 0.742. The number of nitrogens with one attached hydrogen (secondary N) is 1. The van der Waals surface area contributed by atoms with Crippen LogP contribution in [0.3, 0.4) is 0 Å². The molecule has 20 heavy (non-hydrogen) atoms. The van der Waals surface area contributed by atoms with E-state index in [2.05, 4.69) is 14.9 Å². The van der Waals surface area contributed by atoms with Crippen LogP contribution in [0.25, 0.3) is 0 Å². The van der Waals surface area contributed by atoms with Crippen LogP contribution in [-0.4, -0.2) is 34.2 Å². The number of rotatable bonds is 6. The topological polar surface area (TPSA) is 64.1 Å². The molecule has 0 unspecified atom stereocenters. The van der Waals surface area contributed by atoms with Gasteiger partial charge in [0.25, 0.3) is 5.91 Å². The second kappa shape index (κ2) is 5.77. The van der Waals surface area contributed by atoms with Crippen molar-refractivity contribution in [2.45, 2.75) is 57.0 Å². The number of hydrogen-bond donors (Lipinski definition) is 1. The van der Waals surface area contributed by atoms with Crippen molar-refractivity contribution in [2.24, 2.45) is 0 Å². The van der Waals surface area contributed by atoms with E-state index in [0.29, 0.717) is 23.9 Å². The number of aromatic nitrogens is 2. The highest BCUT2D eigenvalue weighted by Gasteiger charge is 2.36. The third kappa shape index (κ3) is 2.86. The van der Waals surface area contributed by atoms with E-state index in [1.54, 1.807) is 0 Å². The highest BCUT2D eigenvalue weighted by molar-refractivity contribution is 7.08. The summed E-state index contributed by atoms with van der Waals surface area (Å²) in [6, 6.07) is 0. The molecule has 2 fully saturated rings. The number of carbonyl (C=O) groups excluding carboxylic acids is 1. The molecule has 0 aromatic carbocycles. The van der Waals surface area contributed by atoms with Crippen LogP contribution in [0.15, 0.2) is 0 Å². The van der Waals surface area contributed by atoms with Crippen LogP contribution in [0, 0.1) is 0 Å². The molecular weight excluding hydrogens is 274 g/mol. The summed E-state index contributed by atoms with van der Waals surface area (Å²) < 4.78 is 9.84. The molecule has 3 rings (SSSR count). The Morgan fingerprint density at radius 1 is 1.45 bits per heavy atom. The number of amides is 1. The van der Waals surface area contributed by atoms with Gasteiger partial charge in [0.2, 0.25) is 0 Å². The Labute approximate surface area is 123 Å². The van der Waals surface area contributed by atoms with Crippen LogP contribution in [0.1, 0.15) is 66.7 Å². The summed E-state index contributed by atoms with van der Waals surface area (Å²) >= 11 is 1.21. The van der Waals surface area contributed by atoms with Crippen molar-refractivity contribution in [2.75, 3.05) is 13.2 Å². The third-order valence-electron chi connectivity index (χ3n) is 4.22. The summed E-state index contributed by atoms with van der Waals surface area (Å²) in [6.07, 6.45) is 6.72. The standard InChI is InChI=1S/C14H21N3O2S/c1-2-19-14(7-3-4-8-14)9-15-13(18)12-11(10-5-6-10)16-17-20-12/h10H,2-9H2,1H3,(H,15,18). The Kier molecular flexibility index (Phi) is 4.03. The molecular formula is C14H21N3O2S. The fraction of sp³-hybridized carbons (Fsp3) is 0.786. The van der Waals surface area contributed by atoms with E-state index in [0.717, 1.165) is 31.4 Å². The van der Waals surface area contributed by atoms with Crippen molar-refractivity contribution in [3.63, 3.8) is 0 Å². The van der Waals surface area contributed by atoms with Gasteiger partial charge in [-0.3, -0.25) is 4.79 Å². The maximum Gasteiger partial charge on any atom is 0.265 e. The summed E-state index contributed by atoms with van der Waals surface area (Å²) in [5, 5.41) is 7.15. The van der Waals surface area contributed by atoms with E-state index in [9.17, 15) is 4.79 Å². The van der Waals surface area contributed by atoms with Crippen LogP contribution < -0.4 is 5.32 Å². The monoisotopic (exact) mass is 295 g/mol. The van der Waals surface area contributed by atoms with Gasteiger partial charge in [0.15, 0.2) is 0 Å². The molecule has 0 aliphatic heterocycles. The van der Waals surface area contributed by atoms with E-state index in [1.165, 1.54) is 24.4 Å². The van der Waals surface area contributed by atoms with Gasteiger partial charge in [-0.25, -0.2) is 0 Å². The lowest BCUT2D eigenvalue weighted by Crippen LogP contribution is -2.43. The zero-order chi connectivity index (χ0) is 14.0. The van der Waals surface area contributed by atoms with Gasteiger partial charge in [0.1, 0.15) is 4.88 Å². The first kappa shape index (κ1) is 13.9. The molecule has 1 aromatic rings. The van der Waals surface area contributed by atoms with E-state index in [-0.39, 0.29) is 11.5 Å². The number of hydrogen-bond acceptors (Lipinski definition) is 5. The van der Waals surface area contributed by atoms with Crippen molar-refractivity contribution in [1.29, 1.82) is 0 Å². The van der Waals surface area contributed by atoms with Crippen LogP contribution in [-0.2, 0) is 4.74 Å². The second-order valence-corrected chi connectivity index (χ2v) is 6.52. The maximum absolute atomic E-state index is 12.3. The molecule has 0 spiro atoms. The van der Waals surface area contributed by atoms with Gasteiger partial charge >= 0.3 is 0 Å². The largest absolute Gasteiger partial charge is 0.373 e. The zero-order valence-electron chi connectivity index (χ0n) is 11.9. The number of carbonyl (C=O) groups is 1. The zero-order valence-corrected chi connectivity index (χ0v) is 12.7. The average Bonchev–Trinajstić information content (AvgIpc) is 3.00. The van der Waals surface area contributed by atoms with E-state index < -0.39 is 0 Å². The Balaban J connectivity index is 1.62. The smallest absolute Gasteiger partial charge is 0.265 e. The lowest BCUT2D eigenvalue weighted by molar-refractivity contribution is -0.0315. The Bertz CT molecular complexity index is 479. The van der Waals surface area contributed by atoms with Crippen LogP contribution in [0.5, 0.6) is 0 Å². The molecule has 0 saturated heterocycles. The average molecular weight is 295 g/mol. The van der Waals surface area contributed by atoms with Crippen molar-refractivity contribution < 1.29 is 9.53 Å². The van der Waals surface area contributed by atoms with Gasteiger partial charge in [0, 0.05) is 19.1 Å². The van der Waals surface area contributed by atoms with Crippen LogP contribution in [0.2, 0.25) is 0 Å². The maximum atomic E-state index is 12.3. The van der Waals surface area contributed by atoms with E-state index in [4.69, 9.17) is 4.74 Å². The highest BCUT2D eigenvalue weighted by atomic mass is 32.1. The minimum Gasteiger partial charge on any atom is -0.373 e. The van der Waals surface area contributed by atoms with E-state index >= 15 is 0 Å². The molecule has 110 valence electrons. The molecule has 1 heterocycles. The van der Waals surface area contributed by atoms with Crippen molar-refractivity contribution >= 4 is 17.4 Å². The van der Waals surface area contributed by atoms with Crippen molar-refractivity contribution in [1.82, 2.24) is 14.9 Å². The third-order valence-corrected chi connectivity index (χ3v) is 4.96. The molecule has 2 aliphatic carbocycles. The molecule has 1 aromatic heterocycles. The fourth-order valence-corrected chi connectivity index (χ4v) is 3.66. The van der Waals surface area contributed by atoms with Gasteiger partial charge in [-0.05, 0) is 44.1 Å². The molecule has 2 aliphatic rings. The van der Waals surface area contributed by atoms with Crippen LogP contribution in [0.4, 0.5) is 0 Å². The second-order valence-electron chi connectivity index (χ2n) is 5.77. The van der Waals surface area contributed by atoms with Gasteiger partial charge in [0.05, 0.1) is 11.3 Å². The predicted octanol–water partition coefficient (Wildman–Crippen LogP) is 2.49. The van der Waals surface area contributed by atoms with Gasteiger partial charge in [-0.15, -0.1) is 5.10 Å².